The fourth-order valence-electron chi connectivity index (χ4n) is 1.47. The number of rotatable bonds is 4. The number of H-pyrrole nitrogens is 1. The van der Waals surface area contributed by atoms with E-state index in [2.05, 4.69) is 25.6 Å². The summed E-state index contributed by atoms with van der Waals surface area (Å²) in [6, 6.07) is 5.31. The zero-order valence-corrected chi connectivity index (χ0v) is 12.1. The summed E-state index contributed by atoms with van der Waals surface area (Å²) in [5, 5.41) is 0. The van der Waals surface area contributed by atoms with Gasteiger partial charge in [-0.3, -0.25) is 4.72 Å². The van der Waals surface area contributed by atoms with Crippen molar-refractivity contribution in [3.8, 4) is 0 Å². The van der Waals surface area contributed by atoms with Crippen LogP contribution in [0.2, 0.25) is 0 Å². The van der Waals surface area contributed by atoms with E-state index in [1.165, 1.54) is 30.5 Å². The van der Waals surface area contributed by atoms with Crippen molar-refractivity contribution >= 4 is 31.6 Å². The predicted octanol–water partition coefficient (Wildman–Crippen LogP) is 2.18. The zero-order valence-electron chi connectivity index (χ0n) is 9.65. The van der Waals surface area contributed by atoms with Gasteiger partial charge in [-0.15, -0.1) is 0 Å². The smallest absolute Gasteiger partial charge is 0.263 e. The van der Waals surface area contributed by atoms with Gasteiger partial charge in [0, 0.05) is 18.4 Å². The maximum absolute atomic E-state index is 13.1. The number of hydrogen-bond donors (Lipinski definition) is 3. The fraction of sp³-hybridized carbons (Fsp3) is 0.0909. The van der Waals surface area contributed by atoms with Crippen molar-refractivity contribution < 1.29 is 12.8 Å². The molecule has 0 bridgehead atoms. The van der Waals surface area contributed by atoms with Crippen molar-refractivity contribution in [2.24, 2.45) is 5.73 Å². The molecule has 4 N–H and O–H groups in total. The molecule has 1 heterocycles. The van der Waals surface area contributed by atoms with Crippen molar-refractivity contribution in [3.63, 3.8) is 0 Å². The van der Waals surface area contributed by atoms with Gasteiger partial charge in [0.15, 0.2) is 0 Å². The Morgan fingerprint density at radius 2 is 2.11 bits per heavy atom. The first-order valence-corrected chi connectivity index (χ1v) is 7.55. The van der Waals surface area contributed by atoms with Crippen LogP contribution in [-0.2, 0) is 16.6 Å². The molecule has 1 aromatic heterocycles. The van der Waals surface area contributed by atoms with Crippen LogP contribution in [0.1, 0.15) is 5.69 Å². The quantitative estimate of drug-likeness (QED) is 0.791. The molecule has 2 aromatic rings. The third kappa shape index (κ3) is 3.14. The Labute approximate surface area is 118 Å². The van der Waals surface area contributed by atoms with Crippen LogP contribution in [-0.4, -0.2) is 13.4 Å². The SMILES string of the molecule is NCc1cc(S(=O)(=O)Nc2ccc(F)c(Br)c2)c[nH]1. The number of nitrogens with two attached hydrogens (primary N) is 1. The van der Waals surface area contributed by atoms with Gasteiger partial charge < -0.3 is 10.7 Å². The summed E-state index contributed by atoms with van der Waals surface area (Å²) in [5.41, 5.74) is 6.28. The summed E-state index contributed by atoms with van der Waals surface area (Å²) in [7, 11) is -3.71. The molecular formula is C11H11BrFN3O2S. The maximum atomic E-state index is 13.1. The maximum Gasteiger partial charge on any atom is 0.263 e. The van der Waals surface area contributed by atoms with Gasteiger partial charge in [-0.25, -0.2) is 12.8 Å². The monoisotopic (exact) mass is 347 g/mol. The topological polar surface area (TPSA) is 88.0 Å². The van der Waals surface area contributed by atoms with E-state index in [9.17, 15) is 12.8 Å². The second-order valence-electron chi connectivity index (χ2n) is 3.80. The second kappa shape index (κ2) is 5.32. The molecule has 1 aromatic carbocycles. The average molecular weight is 348 g/mol. The molecule has 19 heavy (non-hydrogen) atoms. The number of aromatic nitrogens is 1. The standard InChI is InChI=1S/C11H11BrFN3O2S/c12-10-4-7(1-2-11(10)13)16-19(17,18)9-3-8(5-14)15-6-9/h1-4,6,15-16H,5,14H2. The average Bonchev–Trinajstić information content (AvgIpc) is 2.83. The molecule has 0 aliphatic rings. The van der Waals surface area contributed by atoms with E-state index in [1.54, 1.807) is 0 Å². The van der Waals surface area contributed by atoms with Crippen molar-refractivity contribution in [2.45, 2.75) is 11.4 Å². The molecule has 5 nitrogen and oxygen atoms in total. The number of aromatic amines is 1. The molecule has 0 spiro atoms. The summed E-state index contributed by atoms with van der Waals surface area (Å²) in [6.45, 7) is 0.220. The summed E-state index contributed by atoms with van der Waals surface area (Å²) < 4.78 is 39.7. The van der Waals surface area contributed by atoms with E-state index in [0.717, 1.165) is 0 Å². The third-order valence-electron chi connectivity index (χ3n) is 2.42. The minimum atomic E-state index is -3.71. The molecule has 2 rings (SSSR count). The highest BCUT2D eigenvalue weighted by Gasteiger charge is 2.16. The van der Waals surface area contributed by atoms with E-state index in [-0.39, 0.29) is 21.6 Å². The van der Waals surface area contributed by atoms with E-state index in [1.807, 2.05) is 0 Å². The lowest BCUT2D eigenvalue weighted by molar-refractivity contribution is 0.601. The Morgan fingerprint density at radius 1 is 1.37 bits per heavy atom. The lowest BCUT2D eigenvalue weighted by Crippen LogP contribution is -2.12. The fourth-order valence-corrected chi connectivity index (χ4v) is 2.91. The zero-order chi connectivity index (χ0) is 14.0. The summed E-state index contributed by atoms with van der Waals surface area (Å²) in [4.78, 5) is 2.83. The molecule has 0 saturated heterocycles. The van der Waals surface area contributed by atoms with Crippen molar-refractivity contribution in [1.29, 1.82) is 0 Å². The van der Waals surface area contributed by atoms with Crippen LogP contribution < -0.4 is 10.5 Å². The number of benzene rings is 1. The largest absolute Gasteiger partial charge is 0.363 e. The Balaban J connectivity index is 2.28. The highest BCUT2D eigenvalue weighted by atomic mass is 79.9. The summed E-state index contributed by atoms with van der Waals surface area (Å²) in [5.74, 6) is -0.463. The van der Waals surface area contributed by atoms with E-state index >= 15 is 0 Å². The van der Waals surface area contributed by atoms with Gasteiger partial charge in [-0.05, 0) is 40.2 Å². The van der Waals surface area contributed by atoms with Gasteiger partial charge in [-0.2, -0.15) is 0 Å². The van der Waals surface area contributed by atoms with Crippen LogP contribution in [0, 0.1) is 5.82 Å². The van der Waals surface area contributed by atoms with Crippen LogP contribution in [0.3, 0.4) is 0 Å². The van der Waals surface area contributed by atoms with Crippen LogP contribution in [0.5, 0.6) is 0 Å². The van der Waals surface area contributed by atoms with Crippen LogP contribution >= 0.6 is 15.9 Å². The van der Waals surface area contributed by atoms with Crippen molar-refractivity contribution in [1.82, 2.24) is 4.98 Å². The molecular weight excluding hydrogens is 337 g/mol. The molecule has 102 valence electrons. The minimum Gasteiger partial charge on any atom is -0.363 e. The first-order chi connectivity index (χ1) is 8.92. The van der Waals surface area contributed by atoms with E-state index in [0.29, 0.717) is 5.69 Å². The highest BCUT2D eigenvalue weighted by molar-refractivity contribution is 9.10. The number of halogens is 2. The van der Waals surface area contributed by atoms with Crippen LogP contribution in [0.4, 0.5) is 10.1 Å². The summed E-state index contributed by atoms with van der Waals surface area (Å²) in [6.07, 6.45) is 1.35. The molecule has 0 fully saturated rings. The Bertz CT molecular complexity index is 700. The predicted molar refractivity (Wildman–Crippen MR) is 73.6 cm³/mol. The lowest BCUT2D eigenvalue weighted by atomic mass is 10.3. The van der Waals surface area contributed by atoms with Crippen molar-refractivity contribution in [3.05, 3.63) is 46.4 Å². The second-order valence-corrected chi connectivity index (χ2v) is 6.34. The normalized spacial score (nSPS) is 11.5. The third-order valence-corrected chi connectivity index (χ3v) is 4.39. The molecule has 0 aliphatic heterocycles. The van der Waals surface area contributed by atoms with Crippen LogP contribution in [0.15, 0.2) is 39.8 Å². The molecule has 0 atom stereocenters. The molecule has 0 aliphatic carbocycles. The number of nitrogens with one attached hydrogen (secondary N) is 2. The van der Waals surface area contributed by atoms with Crippen LogP contribution in [0.25, 0.3) is 0 Å². The molecule has 0 amide bonds. The minimum absolute atomic E-state index is 0.0772. The Hall–Kier alpha value is -1.38. The Kier molecular flexibility index (Phi) is 3.93. The number of sulfonamides is 1. The van der Waals surface area contributed by atoms with Crippen molar-refractivity contribution in [2.75, 3.05) is 4.72 Å². The number of hydrogen-bond acceptors (Lipinski definition) is 3. The molecule has 0 radical (unpaired) electrons. The first kappa shape index (κ1) is 14.0. The van der Waals surface area contributed by atoms with Gasteiger partial charge in [0.1, 0.15) is 10.7 Å². The van der Waals surface area contributed by atoms with Gasteiger partial charge >= 0.3 is 0 Å². The lowest BCUT2D eigenvalue weighted by Gasteiger charge is -2.07. The highest BCUT2D eigenvalue weighted by Crippen LogP contribution is 2.22. The van der Waals surface area contributed by atoms with Gasteiger partial charge in [0.25, 0.3) is 10.0 Å². The van der Waals surface area contributed by atoms with Gasteiger partial charge in [0.05, 0.1) is 10.2 Å². The van der Waals surface area contributed by atoms with E-state index in [4.69, 9.17) is 5.73 Å². The molecule has 0 unspecified atom stereocenters. The van der Waals surface area contributed by atoms with Gasteiger partial charge in [0.2, 0.25) is 0 Å². The molecule has 0 saturated carbocycles. The summed E-state index contributed by atoms with van der Waals surface area (Å²) >= 11 is 2.99. The molecule has 8 heteroatoms. The van der Waals surface area contributed by atoms with E-state index < -0.39 is 15.8 Å². The number of anilines is 1. The first-order valence-electron chi connectivity index (χ1n) is 5.27. The Morgan fingerprint density at radius 3 is 2.68 bits per heavy atom. The van der Waals surface area contributed by atoms with Gasteiger partial charge in [-0.1, -0.05) is 0 Å².